The first-order valence-corrected chi connectivity index (χ1v) is 8.61. The van der Waals surface area contributed by atoms with Crippen molar-refractivity contribution in [1.82, 2.24) is 0 Å². The van der Waals surface area contributed by atoms with E-state index >= 15 is 0 Å². The minimum atomic E-state index is -0.540. The van der Waals surface area contributed by atoms with Gasteiger partial charge >= 0.3 is 0 Å². The van der Waals surface area contributed by atoms with Crippen molar-refractivity contribution < 1.29 is 14.0 Å². The van der Waals surface area contributed by atoms with Crippen LogP contribution in [0.3, 0.4) is 0 Å². The van der Waals surface area contributed by atoms with Gasteiger partial charge in [-0.2, -0.15) is 0 Å². The number of hydrogen-bond donors (Lipinski definition) is 2. The minimum Gasteiger partial charge on any atom is -0.326 e. The second-order valence-electron chi connectivity index (χ2n) is 7.37. The molecule has 0 radical (unpaired) electrons. The predicted octanol–water partition coefficient (Wildman–Crippen LogP) is 4.65. The molecule has 5 heteroatoms. The molecular formula is C21H25FN2O2. The number of amides is 2. The van der Waals surface area contributed by atoms with E-state index in [1.807, 2.05) is 12.1 Å². The van der Waals surface area contributed by atoms with E-state index in [1.165, 1.54) is 30.7 Å². The van der Waals surface area contributed by atoms with Gasteiger partial charge in [-0.1, -0.05) is 45.0 Å². The van der Waals surface area contributed by atoms with Crippen LogP contribution >= 0.6 is 0 Å². The highest BCUT2D eigenvalue weighted by atomic mass is 19.1. The monoisotopic (exact) mass is 356 g/mol. The zero-order valence-electron chi connectivity index (χ0n) is 15.7. The van der Waals surface area contributed by atoms with Crippen LogP contribution < -0.4 is 10.6 Å². The molecule has 2 rings (SSSR count). The SMILES string of the molecule is CC(=O)Nc1ccc(F)c(NC(=O)CCc2ccc(C(C)(C)C)cc2)c1. The summed E-state index contributed by atoms with van der Waals surface area (Å²) in [5.74, 6) is -1.07. The summed E-state index contributed by atoms with van der Waals surface area (Å²) in [5, 5.41) is 5.13. The lowest BCUT2D eigenvalue weighted by molar-refractivity contribution is -0.116. The Hall–Kier alpha value is -2.69. The zero-order valence-corrected chi connectivity index (χ0v) is 15.7. The van der Waals surface area contributed by atoms with Gasteiger partial charge in [0.15, 0.2) is 0 Å². The average molecular weight is 356 g/mol. The number of benzene rings is 2. The smallest absolute Gasteiger partial charge is 0.224 e. The molecule has 0 aliphatic heterocycles. The molecule has 26 heavy (non-hydrogen) atoms. The standard InChI is InChI=1S/C21H25FN2O2/c1-14(25)23-17-10-11-18(22)19(13-17)24-20(26)12-7-15-5-8-16(9-6-15)21(2,3)4/h5-6,8-11,13H,7,12H2,1-4H3,(H,23,25)(H,24,26). The third kappa shape index (κ3) is 5.69. The van der Waals surface area contributed by atoms with Crippen LogP contribution in [0.1, 0.15) is 45.2 Å². The van der Waals surface area contributed by atoms with Crippen LogP contribution in [0.4, 0.5) is 15.8 Å². The van der Waals surface area contributed by atoms with Crippen molar-refractivity contribution in [2.75, 3.05) is 10.6 Å². The molecule has 0 aromatic heterocycles. The zero-order chi connectivity index (χ0) is 19.3. The van der Waals surface area contributed by atoms with Crippen molar-refractivity contribution in [3.8, 4) is 0 Å². The van der Waals surface area contributed by atoms with E-state index in [-0.39, 0.29) is 29.3 Å². The van der Waals surface area contributed by atoms with E-state index in [4.69, 9.17) is 0 Å². The summed E-state index contributed by atoms with van der Waals surface area (Å²) in [5.41, 5.74) is 2.88. The van der Waals surface area contributed by atoms with Gasteiger partial charge in [-0.05, 0) is 41.2 Å². The summed E-state index contributed by atoms with van der Waals surface area (Å²) in [6.07, 6.45) is 0.821. The van der Waals surface area contributed by atoms with Crippen LogP contribution in [0.15, 0.2) is 42.5 Å². The van der Waals surface area contributed by atoms with E-state index in [0.717, 1.165) is 5.56 Å². The van der Waals surface area contributed by atoms with Gasteiger partial charge in [0.1, 0.15) is 5.82 Å². The molecule has 0 fully saturated rings. The number of nitrogens with one attached hydrogen (secondary N) is 2. The van der Waals surface area contributed by atoms with Crippen molar-refractivity contribution >= 4 is 23.2 Å². The first-order valence-electron chi connectivity index (χ1n) is 8.61. The fraction of sp³-hybridized carbons (Fsp3) is 0.333. The predicted molar refractivity (Wildman–Crippen MR) is 103 cm³/mol. The number of hydrogen-bond acceptors (Lipinski definition) is 2. The normalized spacial score (nSPS) is 11.1. The molecule has 0 aliphatic carbocycles. The van der Waals surface area contributed by atoms with E-state index in [0.29, 0.717) is 12.1 Å². The maximum Gasteiger partial charge on any atom is 0.224 e. The Balaban J connectivity index is 1.95. The van der Waals surface area contributed by atoms with Gasteiger partial charge in [0, 0.05) is 19.0 Å². The van der Waals surface area contributed by atoms with Gasteiger partial charge in [-0.25, -0.2) is 4.39 Å². The van der Waals surface area contributed by atoms with Crippen molar-refractivity contribution in [1.29, 1.82) is 0 Å². The summed E-state index contributed by atoms with van der Waals surface area (Å²) in [7, 11) is 0. The molecular weight excluding hydrogens is 331 g/mol. The third-order valence-electron chi connectivity index (χ3n) is 4.02. The first-order chi connectivity index (χ1) is 12.1. The summed E-state index contributed by atoms with van der Waals surface area (Å²) in [6, 6.07) is 12.3. The number of carbonyl (C=O) groups excluding carboxylic acids is 2. The largest absolute Gasteiger partial charge is 0.326 e. The number of rotatable bonds is 5. The summed E-state index contributed by atoms with van der Waals surface area (Å²) in [4.78, 5) is 23.2. The van der Waals surface area contributed by atoms with Crippen molar-refractivity contribution in [3.05, 3.63) is 59.4 Å². The summed E-state index contributed by atoms with van der Waals surface area (Å²) in [6.45, 7) is 7.82. The third-order valence-corrected chi connectivity index (χ3v) is 4.02. The van der Waals surface area contributed by atoms with Crippen LogP contribution in [0.2, 0.25) is 0 Å². The van der Waals surface area contributed by atoms with E-state index in [1.54, 1.807) is 0 Å². The number of carbonyl (C=O) groups is 2. The second-order valence-corrected chi connectivity index (χ2v) is 7.37. The van der Waals surface area contributed by atoms with Crippen molar-refractivity contribution in [2.24, 2.45) is 0 Å². The Kier molecular flexibility index (Phi) is 6.14. The molecule has 4 nitrogen and oxygen atoms in total. The molecule has 138 valence electrons. The highest BCUT2D eigenvalue weighted by Gasteiger charge is 2.13. The van der Waals surface area contributed by atoms with E-state index < -0.39 is 5.82 Å². The molecule has 0 saturated carbocycles. The number of anilines is 2. The van der Waals surface area contributed by atoms with Crippen molar-refractivity contribution in [2.45, 2.75) is 46.0 Å². The van der Waals surface area contributed by atoms with Gasteiger partial charge in [-0.3, -0.25) is 9.59 Å². The Labute approximate surface area is 153 Å². The molecule has 2 N–H and O–H groups in total. The minimum absolute atomic E-state index is 0.0596. The maximum absolute atomic E-state index is 13.9. The molecule has 2 aromatic rings. The Morgan fingerprint density at radius 1 is 1.00 bits per heavy atom. The molecule has 0 spiro atoms. The first kappa shape index (κ1) is 19.6. The Bertz CT molecular complexity index is 793. The number of aryl methyl sites for hydroxylation is 1. The Morgan fingerprint density at radius 2 is 1.65 bits per heavy atom. The van der Waals surface area contributed by atoms with Crippen LogP contribution in [0, 0.1) is 5.82 Å². The molecule has 0 bridgehead atoms. The molecule has 0 atom stereocenters. The quantitative estimate of drug-likeness (QED) is 0.819. The van der Waals surface area contributed by atoms with Crippen LogP contribution in [0.25, 0.3) is 0 Å². The highest BCUT2D eigenvalue weighted by molar-refractivity contribution is 5.93. The lowest BCUT2D eigenvalue weighted by Gasteiger charge is -2.19. The summed E-state index contributed by atoms with van der Waals surface area (Å²) < 4.78 is 13.9. The molecule has 2 aromatic carbocycles. The van der Waals surface area contributed by atoms with Gasteiger partial charge in [-0.15, -0.1) is 0 Å². The molecule has 0 aliphatic rings. The van der Waals surface area contributed by atoms with Crippen LogP contribution in [0.5, 0.6) is 0 Å². The topological polar surface area (TPSA) is 58.2 Å². The van der Waals surface area contributed by atoms with Crippen LogP contribution in [-0.2, 0) is 21.4 Å². The fourth-order valence-corrected chi connectivity index (χ4v) is 2.54. The highest BCUT2D eigenvalue weighted by Crippen LogP contribution is 2.23. The van der Waals surface area contributed by atoms with Gasteiger partial charge in [0.05, 0.1) is 5.69 Å². The van der Waals surface area contributed by atoms with Gasteiger partial charge < -0.3 is 10.6 Å². The maximum atomic E-state index is 13.9. The van der Waals surface area contributed by atoms with Gasteiger partial charge in [0.2, 0.25) is 11.8 Å². The second kappa shape index (κ2) is 8.13. The van der Waals surface area contributed by atoms with E-state index in [2.05, 4.69) is 43.5 Å². The average Bonchev–Trinajstić information content (AvgIpc) is 2.55. The lowest BCUT2D eigenvalue weighted by atomic mass is 9.86. The molecule has 2 amide bonds. The lowest BCUT2D eigenvalue weighted by Crippen LogP contribution is -2.14. The summed E-state index contributed by atoms with van der Waals surface area (Å²) >= 11 is 0. The molecule has 0 unspecified atom stereocenters. The molecule has 0 heterocycles. The van der Waals surface area contributed by atoms with Gasteiger partial charge in [0.25, 0.3) is 0 Å². The van der Waals surface area contributed by atoms with E-state index in [9.17, 15) is 14.0 Å². The Morgan fingerprint density at radius 3 is 2.23 bits per heavy atom. The van der Waals surface area contributed by atoms with Crippen LogP contribution in [-0.4, -0.2) is 11.8 Å². The number of halogens is 1. The van der Waals surface area contributed by atoms with Crippen molar-refractivity contribution in [3.63, 3.8) is 0 Å². The fourth-order valence-electron chi connectivity index (χ4n) is 2.54. The molecule has 0 saturated heterocycles.